The number of rotatable bonds is 5. The molecule has 2 N–H and O–H groups in total. The molecular weight excluding hydrogens is 346 g/mol. The number of amides is 3. The molecule has 0 spiro atoms. The molecule has 1 heterocycles. The van der Waals surface area contributed by atoms with Crippen LogP contribution in [0.5, 0.6) is 5.75 Å². The predicted octanol–water partition coefficient (Wildman–Crippen LogP) is 2.82. The molecule has 2 aromatic carbocycles. The van der Waals surface area contributed by atoms with Crippen LogP contribution < -0.4 is 20.3 Å². The van der Waals surface area contributed by atoms with Crippen LogP contribution >= 0.6 is 0 Å². The second-order valence-corrected chi connectivity index (χ2v) is 6.34. The van der Waals surface area contributed by atoms with Crippen LogP contribution in [-0.2, 0) is 4.79 Å². The highest BCUT2D eigenvalue weighted by Gasteiger charge is 2.31. The van der Waals surface area contributed by atoms with Crippen molar-refractivity contribution in [1.29, 1.82) is 0 Å². The molecule has 3 rings (SSSR count). The molecule has 7 nitrogen and oxygen atoms in total. The summed E-state index contributed by atoms with van der Waals surface area (Å²) in [5.74, 6) is 0.639. The molecule has 27 heavy (non-hydrogen) atoms. The zero-order valence-electron chi connectivity index (χ0n) is 15.2. The van der Waals surface area contributed by atoms with Crippen molar-refractivity contribution in [2.75, 3.05) is 23.9 Å². The Morgan fingerprint density at radius 3 is 2.33 bits per heavy atom. The molecule has 1 aliphatic rings. The molecular formula is C20H21N3O4. The van der Waals surface area contributed by atoms with Crippen molar-refractivity contribution >= 4 is 29.1 Å². The van der Waals surface area contributed by atoms with Gasteiger partial charge in [-0.3, -0.25) is 9.59 Å². The van der Waals surface area contributed by atoms with Crippen molar-refractivity contribution in [3.8, 4) is 5.75 Å². The third-order valence-corrected chi connectivity index (χ3v) is 4.39. The minimum atomic E-state index is -0.389. The van der Waals surface area contributed by atoms with E-state index in [2.05, 4.69) is 10.6 Å². The number of methoxy groups -OCH3 is 1. The monoisotopic (exact) mass is 367 g/mol. The first-order valence-electron chi connectivity index (χ1n) is 8.59. The molecule has 0 aromatic heterocycles. The number of anilines is 2. The van der Waals surface area contributed by atoms with Gasteiger partial charge in [0, 0.05) is 29.9 Å². The number of Topliss-reactive ketones (excluding diaryl/α,β-unsaturated/α-hetero) is 1. The molecule has 7 heteroatoms. The lowest BCUT2D eigenvalue weighted by molar-refractivity contribution is -0.117. The molecule has 1 aliphatic heterocycles. The van der Waals surface area contributed by atoms with Crippen LogP contribution in [0, 0.1) is 0 Å². The summed E-state index contributed by atoms with van der Waals surface area (Å²) in [4.78, 5) is 37.4. The molecule has 1 saturated heterocycles. The van der Waals surface area contributed by atoms with Crippen molar-refractivity contribution in [3.63, 3.8) is 0 Å². The van der Waals surface area contributed by atoms with Crippen LogP contribution in [0.15, 0.2) is 48.5 Å². The van der Waals surface area contributed by atoms with Gasteiger partial charge in [0.2, 0.25) is 5.91 Å². The summed E-state index contributed by atoms with van der Waals surface area (Å²) in [6, 6.07) is 13.2. The van der Waals surface area contributed by atoms with Crippen molar-refractivity contribution in [2.24, 2.45) is 0 Å². The third-order valence-electron chi connectivity index (χ3n) is 4.39. The Labute approximate surface area is 157 Å². The van der Waals surface area contributed by atoms with Crippen molar-refractivity contribution < 1.29 is 19.1 Å². The SMILES string of the molecule is COc1ccc(N2C[C@@H](NC(=O)Nc3ccc(C(C)=O)cc3)CC2=O)cc1. The average Bonchev–Trinajstić information content (AvgIpc) is 3.02. The van der Waals surface area contributed by atoms with Crippen LogP contribution in [0.2, 0.25) is 0 Å². The standard InChI is InChI=1S/C20H21N3O4/c1-13(24)14-3-5-15(6-4-14)21-20(26)22-16-11-19(25)23(12-16)17-7-9-18(27-2)10-8-17/h3-10,16H,11-12H2,1-2H3,(H2,21,22,26)/t16-/m0/s1. The Kier molecular flexibility index (Phi) is 5.40. The van der Waals surface area contributed by atoms with Gasteiger partial charge in [-0.1, -0.05) is 0 Å². The number of nitrogens with one attached hydrogen (secondary N) is 2. The second kappa shape index (κ2) is 7.90. The Bertz CT molecular complexity index is 847. The zero-order valence-corrected chi connectivity index (χ0v) is 15.2. The number of carbonyl (C=O) groups excluding carboxylic acids is 3. The lowest BCUT2D eigenvalue weighted by atomic mass is 10.1. The van der Waals surface area contributed by atoms with Gasteiger partial charge in [-0.15, -0.1) is 0 Å². The highest BCUT2D eigenvalue weighted by atomic mass is 16.5. The summed E-state index contributed by atoms with van der Waals surface area (Å²) >= 11 is 0. The van der Waals surface area contributed by atoms with E-state index in [0.717, 1.165) is 11.4 Å². The van der Waals surface area contributed by atoms with Gasteiger partial charge >= 0.3 is 6.03 Å². The summed E-state index contributed by atoms with van der Waals surface area (Å²) in [5, 5.41) is 5.53. The van der Waals surface area contributed by atoms with Crippen molar-refractivity contribution in [2.45, 2.75) is 19.4 Å². The van der Waals surface area contributed by atoms with E-state index in [0.29, 0.717) is 17.8 Å². The van der Waals surface area contributed by atoms with E-state index < -0.39 is 0 Å². The fourth-order valence-corrected chi connectivity index (χ4v) is 2.96. The smallest absolute Gasteiger partial charge is 0.319 e. The van der Waals surface area contributed by atoms with Gasteiger partial charge in [-0.25, -0.2) is 4.79 Å². The van der Waals surface area contributed by atoms with E-state index in [1.165, 1.54) is 6.92 Å². The van der Waals surface area contributed by atoms with Crippen LogP contribution in [0.25, 0.3) is 0 Å². The normalized spacial score (nSPS) is 16.1. The van der Waals surface area contributed by atoms with Gasteiger partial charge in [-0.2, -0.15) is 0 Å². The van der Waals surface area contributed by atoms with Gasteiger partial charge in [-0.05, 0) is 55.5 Å². The molecule has 140 valence electrons. The van der Waals surface area contributed by atoms with E-state index in [1.54, 1.807) is 48.4 Å². The summed E-state index contributed by atoms with van der Waals surface area (Å²) in [6.45, 7) is 1.89. The zero-order chi connectivity index (χ0) is 19.4. The first-order chi connectivity index (χ1) is 13.0. The summed E-state index contributed by atoms with van der Waals surface area (Å²) < 4.78 is 5.12. The van der Waals surface area contributed by atoms with Gasteiger partial charge in [0.25, 0.3) is 0 Å². The molecule has 2 aromatic rings. The average molecular weight is 367 g/mol. The minimum Gasteiger partial charge on any atom is -0.497 e. The highest BCUT2D eigenvalue weighted by Crippen LogP contribution is 2.24. The van der Waals surface area contributed by atoms with Gasteiger partial charge in [0.1, 0.15) is 5.75 Å². The van der Waals surface area contributed by atoms with Gasteiger partial charge < -0.3 is 20.3 Å². The molecule has 1 fully saturated rings. The first-order valence-corrected chi connectivity index (χ1v) is 8.59. The fourth-order valence-electron chi connectivity index (χ4n) is 2.96. The Morgan fingerprint density at radius 1 is 1.07 bits per heavy atom. The highest BCUT2D eigenvalue weighted by molar-refractivity contribution is 5.98. The van der Waals surface area contributed by atoms with Crippen LogP contribution in [0.1, 0.15) is 23.7 Å². The van der Waals surface area contributed by atoms with Crippen molar-refractivity contribution in [3.05, 3.63) is 54.1 Å². The molecule has 0 radical (unpaired) electrons. The van der Waals surface area contributed by atoms with Crippen LogP contribution in [-0.4, -0.2) is 37.4 Å². The molecule has 0 saturated carbocycles. The van der Waals surface area contributed by atoms with Gasteiger partial charge in [0.05, 0.1) is 13.2 Å². The Hall–Kier alpha value is -3.35. The number of urea groups is 1. The van der Waals surface area contributed by atoms with Crippen LogP contribution in [0.3, 0.4) is 0 Å². The second-order valence-electron chi connectivity index (χ2n) is 6.34. The topological polar surface area (TPSA) is 87.7 Å². The maximum atomic E-state index is 12.3. The number of carbonyl (C=O) groups is 3. The molecule has 1 atom stereocenters. The maximum Gasteiger partial charge on any atom is 0.319 e. The first kappa shape index (κ1) is 18.4. The van der Waals surface area contributed by atoms with E-state index in [-0.39, 0.29) is 30.2 Å². The fraction of sp³-hybridized carbons (Fsp3) is 0.250. The van der Waals surface area contributed by atoms with E-state index in [4.69, 9.17) is 4.74 Å². The number of hydrogen-bond acceptors (Lipinski definition) is 4. The van der Waals surface area contributed by atoms with Gasteiger partial charge in [0.15, 0.2) is 5.78 Å². The summed E-state index contributed by atoms with van der Waals surface area (Å²) in [5.41, 5.74) is 1.93. The number of hydrogen-bond donors (Lipinski definition) is 2. The summed E-state index contributed by atoms with van der Waals surface area (Å²) in [7, 11) is 1.59. The molecule has 0 unspecified atom stereocenters. The predicted molar refractivity (Wildman–Crippen MR) is 102 cm³/mol. The third kappa shape index (κ3) is 4.44. The lowest BCUT2D eigenvalue weighted by Gasteiger charge is -2.18. The maximum absolute atomic E-state index is 12.3. The van der Waals surface area contributed by atoms with Crippen molar-refractivity contribution in [1.82, 2.24) is 5.32 Å². The van der Waals surface area contributed by atoms with E-state index >= 15 is 0 Å². The molecule has 0 bridgehead atoms. The molecule has 0 aliphatic carbocycles. The van der Waals surface area contributed by atoms with E-state index in [9.17, 15) is 14.4 Å². The minimum absolute atomic E-state index is 0.0332. The summed E-state index contributed by atoms with van der Waals surface area (Å²) in [6.07, 6.45) is 0.239. The lowest BCUT2D eigenvalue weighted by Crippen LogP contribution is -2.39. The Morgan fingerprint density at radius 2 is 1.74 bits per heavy atom. The van der Waals surface area contributed by atoms with E-state index in [1.807, 2.05) is 12.1 Å². The quantitative estimate of drug-likeness (QED) is 0.796. The molecule has 3 amide bonds. The largest absolute Gasteiger partial charge is 0.497 e. The Balaban J connectivity index is 1.57. The number of ketones is 1. The number of benzene rings is 2. The number of ether oxygens (including phenoxy) is 1. The number of nitrogens with zero attached hydrogens (tertiary/aromatic N) is 1. The van der Waals surface area contributed by atoms with Crippen LogP contribution in [0.4, 0.5) is 16.2 Å².